The maximum Gasteiger partial charge on any atom is 0.261 e. The van der Waals surface area contributed by atoms with E-state index in [9.17, 15) is 9.59 Å². The van der Waals surface area contributed by atoms with Crippen LogP contribution in [-0.4, -0.2) is 64.5 Å². The van der Waals surface area contributed by atoms with Crippen LogP contribution in [0.4, 0.5) is 17.5 Å². The van der Waals surface area contributed by atoms with Gasteiger partial charge in [0.1, 0.15) is 11.2 Å². The fraction of sp³-hybridized carbons (Fsp3) is 0.385. The Morgan fingerprint density at radius 1 is 1.14 bits per heavy atom. The molecule has 1 atom stereocenters. The molecule has 0 bridgehead atoms. The second-order valence-electron chi connectivity index (χ2n) is 9.20. The summed E-state index contributed by atoms with van der Waals surface area (Å²) < 4.78 is 0. The average molecular weight is 474 g/mol. The molecule has 9 nitrogen and oxygen atoms in total. The number of fused-ring (bicyclic) bond motifs is 1. The van der Waals surface area contributed by atoms with Crippen LogP contribution in [0.3, 0.4) is 0 Å². The lowest BCUT2D eigenvalue weighted by Gasteiger charge is -2.19. The van der Waals surface area contributed by atoms with Gasteiger partial charge in [-0.15, -0.1) is 0 Å². The van der Waals surface area contributed by atoms with E-state index in [1.54, 1.807) is 12.3 Å². The summed E-state index contributed by atoms with van der Waals surface area (Å²) in [6.07, 6.45) is 7.30. The largest absolute Gasteiger partial charge is 0.348 e. The minimum absolute atomic E-state index is 0.00323. The lowest BCUT2D eigenvalue weighted by Crippen LogP contribution is -2.36. The Kier molecular flexibility index (Phi) is 6.76. The normalized spacial score (nSPS) is 18.2. The van der Waals surface area contributed by atoms with Crippen LogP contribution in [0.25, 0.3) is 10.9 Å². The summed E-state index contributed by atoms with van der Waals surface area (Å²) >= 11 is 0. The van der Waals surface area contributed by atoms with Crippen LogP contribution in [-0.2, 0) is 11.2 Å². The molecule has 3 aromatic rings. The number of amides is 1. The number of pyridine rings is 1. The molecule has 0 saturated carbocycles. The number of aromatic nitrogens is 3. The van der Waals surface area contributed by atoms with Crippen molar-refractivity contribution in [3.8, 4) is 0 Å². The number of likely N-dealkylation sites (tertiary alicyclic amines) is 1. The third-order valence-corrected chi connectivity index (χ3v) is 6.74. The van der Waals surface area contributed by atoms with Crippen molar-refractivity contribution >= 4 is 34.3 Å². The van der Waals surface area contributed by atoms with Crippen LogP contribution in [0, 0.1) is 0 Å². The third kappa shape index (κ3) is 5.35. The number of nitrogens with zero attached hydrogens (tertiary/aromatic N) is 4. The number of H-pyrrole nitrogens is 1. The lowest BCUT2D eigenvalue weighted by atomic mass is 10.1. The molecule has 1 unspecified atom stereocenters. The smallest absolute Gasteiger partial charge is 0.261 e. The highest BCUT2D eigenvalue weighted by molar-refractivity contribution is 5.91. The minimum atomic E-state index is -0.240. The molecule has 0 radical (unpaired) electrons. The van der Waals surface area contributed by atoms with Crippen LogP contribution in [0.5, 0.6) is 0 Å². The van der Waals surface area contributed by atoms with E-state index in [-0.39, 0.29) is 17.5 Å². The molecule has 9 heteroatoms. The van der Waals surface area contributed by atoms with Crippen molar-refractivity contribution in [2.24, 2.45) is 0 Å². The Labute approximate surface area is 204 Å². The molecule has 1 amide bonds. The summed E-state index contributed by atoms with van der Waals surface area (Å²) in [5.74, 6) is 0.812. The average Bonchev–Trinajstić information content (AvgIpc) is 3.56. The third-order valence-electron chi connectivity index (χ3n) is 6.74. The minimum Gasteiger partial charge on any atom is -0.348 e. The van der Waals surface area contributed by atoms with Gasteiger partial charge in [-0.2, -0.15) is 4.98 Å². The van der Waals surface area contributed by atoms with Crippen LogP contribution < -0.4 is 21.1 Å². The highest BCUT2D eigenvalue weighted by Crippen LogP contribution is 2.26. The first-order chi connectivity index (χ1) is 17.1. The summed E-state index contributed by atoms with van der Waals surface area (Å²) in [5.41, 5.74) is 2.48. The van der Waals surface area contributed by atoms with E-state index in [1.165, 1.54) is 37.6 Å². The van der Waals surface area contributed by atoms with Crippen LogP contribution in [0.15, 0.2) is 54.0 Å². The van der Waals surface area contributed by atoms with Gasteiger partial charge in [0, 0.05) is 37.6 Å². The van der Waals surface area contributed by atoms with Crippen molar-refractivity contribution in [3.63, 3.8) is 0 Å². The molecule has 2 aliphatic rings. The molecule has 5 rings (SSSR count). The van der Waals surface area contributed by atoms with Gasteiger partial charge in [0.2, 0.25) is 11.9 Å². The molecule has 35 heavy (non-hydrogen) atoms. The van der Waals surface area contributed by atoms with Gasteiger partial charge in [-0.05, 0) is 68.6 Å². The van der Waals surface area contributed by atoms with E-state index >= 15 is 0 Å². The van der Waals surface area contributed by atoms with Crippen LogP contribution in [0.2, 0.25) is 0 Å². The van der Waals surface area contributed by atoms with Gasteiger partial charge < -0.3 is 25.4 Å². The Morgan fingerprint density at radius 2 is 1.94 bits per heavy atom. The monoisotopic (exact) mass is 473 g/mol. The summed E-state index contributed by atoms with van der Waals surface area (Å²) in [7, 11) is 0. The molecule has 2 aromatic heterocycles. The molecule has 0 spiro atoms. The molecule has 2 aliphatic heterocycles. The van der Waals surface area contributed by atoms with Gasteiger partial charge in [0.25, 0.3) is 5.56 Å². The summed E-state index contributed by atoms with van der Waals surface area (Å²) in [4.78, 5) is 41.0. The predicted molar refractivity (Wildman–Crippen MR) is 138 cm³/mol. The molecule has 2 fully saturated rings. The number of carbonyl (C=O) groups is 1. The van der Waals surface area contributed by atoms with Crippen LogP contribution in [0.1, 0.15) is 24.8 Å². The summed E-state index contributed by atoms with van der Waals surface area (Å²) in [5, 5.41) is 6.69. The maximum atomic E-state index is 12.6. The van der Waals surface area contributed by atoms with Gasteiger partial charge in [-0.25, -0.2) is 4.98 Å². The molecule has 1 aromatic carbocycles. The topological polar surface area (TPSA) is 106 Å². The van der Waals surface area contributed by atoms with Crippen molar-refractivity contribution in [1.29, 1.82) is 0 Å². The van der Waals surface area contributed by atoms with E-state index in [1.807, 2.05) is 17.0 Å². The van der Waals surface area contributed by atoms with Crippen molar-refractivity contribution in [2.45, 2.75) is 31.7 Å². The van der Waals surface area contributed by atoms with E-state index in [2.05, 4.69) is 44.2 Å². The fourth-order valence-corrected chi connectivity index (χ4v) is 4.82. The fourth-order valence-electron chi connectivity index (χ4n) is 4.82. The Hall–Kier alpha value is -3.72. The summed E-state index contributed by atoms with van der Waals surface area (Å²) in [6.45, 7) is 8.32. The van der Waals surface area contributed by atoms with Crippen molar-refractivity contribution in [2.75, 3.05) is 42.9 Å². The van der Waals surface area contributed by atoms with Gasteiger partial charge >= 0.3 is 0 Å². The van der Waals surface area contributed by atoms with Crippen molar-refractivity contribution < 1.29 is 4.79 Å². The first-order valence-corrected chi connectivity index (χ1v) is 12.2. The SMILES string of the molecule is C=CC(=O)NC1CCN(c2nc(Nc3ccc(CCN4CCCC4)cc3)c3c(=O)[nH]ccc3n2)C1. The zero-order chi connectivity index (χ0) is 24.2. The van der Waals surface area contributed by atoms with E-state index in [0.29, 0.717) is 35.8 Å². The maximum absolute atomic E-state index is 12.6. The quantitative estimate of drug-likeness (QED) is 0.432. The number of nitrogens with one attached hydrogen (secondary N) is 3. The van der Waals surface area contributed by atoms with Gasteiger partial charge in [0.05, 0.1) is 5.52 Å². The lowest BCUT2D eigenvalue weighted by molar-refractivity contribution is -0.117. The molecular weight excluding hydrogens is 442 g/mol. The highest BCUT2D eigenvalue weighted by Gasteiger charge is 2.26. The van der Waals surface area contributed by atoms with Gasteiger partial charge in [0.15, 0.2) is 0 Å². The zero-order valence-corrected chi connectivity index (χ0v) is 19.8. The highest BCUT2D eigenvalue weighted by atomic mass is 16.1. The standard InChI is InChI=1S/C26H31N7O2/c1-2-22(34)28-20-11-16-33(17-20)26-30-21-9-12-27-25(35)23(21)24(31-26)29-19-7-5-18(6-8-19)10-15-32-13-3-4-14-32/h2,5-9,12,20H,1,3-4,10-11,13-17H2,(H,27,35)(H,28,34)(H,29,30,31). The molecule has 4 heterocycles. The van der Waals surface area contributed by atoms with Crippen molar-refractivity contribution in [3.05, 3.63) is 65.1 Å². The molecule has 3 N–H and O–H groups in total. The molecule has 2 saturated heterocycles. The first kappa shape index (κ1) is 23.0. The number of benzene rings is 1. The van der Waals surface area contributed by atoms with Gasteiger partial charge in [-0.3, -0.25) is 9.59 Å². The number of aromatic amines is 1. The molecular formula is C26H31N7O2. The Bertz CT molecular complexity index is 1260. The Balaban J connectivity index is 1.35. The second kappa shape index (κ2) is 10.3. The first-order valence-electron chi connectivity index (χ1n) is 12.2. The molecule has 182 valence electrons. The van der Waals surface area contributed by atoms with E-state index in [0.717, 1.165) is 25.1 Å². The van der Waals surface area contributed by atoms with E-state index in [4.69, 9.17) is 4.98 Å². The van der Waals surface area contributed by atoms with Crippen molar-refractivity contribution in [1.82, 2.24) is 25.2 Å². The van der Waals surface area contributed by atoms with E-state index < -0.39 is 0 Å². The van der Waals surface area contributed by atoms with Crippen LogP contribution >= 0.6 is 0 Å². The number of rotatable bonds is 8. The number of hydrogen-bond acceptors (Lipinski definition) is 7. The predicted octanol–water partition coefficient (Wildman–Crippen LogP) is 2.58. The Morgan fingerprint density at radius 3 is 2.71 bits per heavy atom. The van der Waals surface area contributed by atoms with Gasteiger partial charge in [-0.1, -0.05) is 18.7 Å². The number of hydrogen-bond donors (Lipinski definition) is 3. The molecule has 0 aliphatic carbocycles. The number of anilines is 3. The number of carbonyl (C=O) groups excluding carboxylic acids is 1. The summed E-state index contributed by atoms with van der Waals surface area (Å²) in [6, 6.07) is 10.1. The second-order valence-corrected chi connectivity index (χ2v) is 9.20. The zero-order valence-electron chi connectivity index (χ0n) is 19.8.